The van der Waals surface area contributed by atoms with Gasteiger partial charge in [-0.15, -0.1) is 0 Å². The summed E-state index contributed by atoms with van der Waals surface area (Å²) in [5.41, 5.74) is 2.41. The minimum Gasteiger partial charge on any atom is -0.268 e. The summed E-state index contributed by atoms with van der Waals surface area (Å²) in [4.78, 5) is 17.9. The summed E-state index contributed by atoms with van der Waals surface area (Å²) in [6.45, 7) is 0. The van der Waals surface area contributed by atoms with Gasteiger partial charge in [-0.2, -0.15) is 0 Å². The van der Waals surface area contributed by atoms with Crippen LogP contribution in [0.15, 0.2) is 86.5 Å². The Bertz CT molecular complexity index is 1190. The topological polar surface area (TPSA) is 34.9 Å². The first-order chi connectivity index (χ1) is 13.1. The molecule has 0 bridgehead atoms. The van der Waals surface area contributed by atoms with E-state index in [-0.39, 0.29) is 5.56 Å². The van der Waals surface area contributed by atoms with E-state index in [1.165, 1.54) is 0 Å². The van der Waals surface area contributed by atoms with E-state index in [4.69, 9.17) is 4.98 Å². The summed E-state index contributed by atoms with van der Waals surface area (Å²) in [6.07, 6.45) is 3.83. The largest absolute Gasteiger partial charge is 0.268 e. The first-order valence-corrected chi connectivity index (χ1v) is 9.92. The summed E-state index contributed by atoms with van der Waals surface area (Å²) >= 11 is 6.88. The lowest BCUT2D eigenvalue weighted by molar-refractivity contribution is 0.943. The zero-order chi connectivity index (χ0) is 18.8. The molecule has 0 spiro atoms. The number of halogens is 2. The van der Waals surface area contributed by atoms with E-state index in [2.05, 4.69) is 31.9 Å². The maximum atomic E-state index is 13.2. The average Bonchev–Trinajstić information content (AvgIpc) is 2.69. The van der Waals surface area contributed by atoms with Gasteiger partial charge in [-0.3, -0.25) is 9.36 Å². The Morgan fingerprint density at radius 1 is 0.778 bits per heavy atom. The molecule has 0 fully saturated rings. The van der Waals surface area contributed by atoms with Gasteiger partial charge in [0, 0.05) is 8.95 Å². The van der Waals surface area contributed by atoms with Gasteiger partial charge in [0.2, 0.25) is 0 Å². The highest BCUT2D eigenvalue weighted by atomic mass is 79.9. The van der Waals surface area contributed by atoms with Crippen LogP contribution in [0.5, 0.6) is 0 Å². The van der Waals surface area contributed by atoms with Crippen molar-refractivity contribution in [3.8, 4) is 5.69 Å². The fourth-order valence-electron chi connectivity index (χ4n) is 2.85. The Morgan fingerprint density at radius 3 is 2.11 bits per heavy atom. The zero-order valence-corrected chi connectivity index (χ0v) is 17.3. The Morgan fingerprint density at radius 2 is 1.41 bits per heavy atom. The fourth-order valence-corrected chi connectivity index (χ4v) is 3.37. The second kappa shape index (κ2) is 7.62. The molecule has 0 radical (unpaired) electrons. The van der Waals surface area contributed by atoms with Gasteiger partial charge in [-0.1, -0.05) is 62.2 Å². The molecule has 0 aliphatic carbocycles. The molecule has 4 aromatic rings. The zero-order valence-electron chi connectivity index (χ0n) is 14.1. The number of hydrogen-bond acceptors (Lipinski definition) is 2. The first kappa shape index (κ1) is 17.9. The van der Waals surface area contributed by atoms with Crippen molar-refractivity contribution < 1.29 is 0 Å². The van der Waals surface area contributed by atoms with Crippen LogP contribution in [-0.2, 0) is 0 Å². The third-order valence-electron chi connectivity index (χ3n) is 4.18. The Balaban J connectivity index is 1.92. The Labute approximate surface area is 173 Å². The van der Waals surface area contributed by atoms with Gasteiger partial charge >= 0.3 is 0 Å². The van der Waals surface area contributed by atoms with E-state index in [0.29, 0.717) is 16.7 Å². The Kier molecular flexibility index (Phi) is 5.05. The van der Waals surface area contributed by atoms with Crippen molar-refractivity contribution in [2.75, 3.05) is 0 Å². The standard InChI is InChI=1S/C22H14Br2N2O/c23-16-8-5-15(6-9-16)7-14-21-25-20-4-2-1-3-19(20)22(27)26(21)18-12-10-17(24)11-13-18/h1-14H/b14-7+. The predicted octanol–water partition coefficient (Wildman–Crippen LogP) is 6.08. The molecule has 132 valence electrons. The maximum Gasteiger partial charge on any atom is 0.266 e. The summed E-state index contributed by atoms with van der Waals surface area (Å²) in [5.74, 6) is 0.587. The third-order valence-corrected chi connectivity index (χ3v) is 5.24. The minimum atomic E-state index is -0.0848. The highest BCUT2D eigenvalue weighted by molar-refractivity contribution is 9.10. The molecule has 3 nitrogen and oxygen atoms in total. The minimum absolute atomic E-state index is 0.0848. The van der Waals surface area contributed by atoms with Crippen molar-refractivity contribution in [2.24, 2.45) is 0 Å². The smallest absolute Gasteiger partial charge is 0.266 e. The number of nitrogens with zero attached hydrogens (tertiary/aromatic N) is 2. The van der Waals surface area contributed by atoms with Crippen LogP contribution in [0.4, 0.5) is 0 Å². The van der Waals surface area contributed by atoms with Gasteiger partial charge in [0.15, 0.2) is 0 Å². The fraction of sp³-hybridized carbons (Fsp3) is 0. The second-order valence-electron chi connectivity index (χ2n) is 5.99. The molecule has 0 N–H and O–H groups in total. The highest BCUT2D eigenvalue weighted by Gasteiger charge is 2.10. The number of rotatable bonds is 3. The van der Waals surface area contributed by atoms with Crippen LogP contribution in [0.3, 0.4) is 0 Å². The quantitative estimate of drug-likeness (QED) is 0.355. The van der Waals surface area contributed by atoms with Gasteiger partial charge in [0.25, 0.3) is 5.56 Å². The molecular weight excluding hydrogens is 468 g/mol. The number of fused-ring (bicyclic) bond motifs is 1. The van der Waals surface area contributed by atoms with Crippen LogP contribution in [0.2, 0.25) is 0 Å². The Hall–Kier alpha value is -2.50. The SMILES string of the molecule is O=c1c2ccccc2nc(/C=C/c2ccc(Br)cc2)n1-c1ccc(Br)cc1. The summed E-state index contributed by atoms with van der Waals surface area (Å²) in [7, 11) is 0. The molecule has 27 heavy (non-hydrogen) atoms. The van der Waals surface area contributed by atoms with Crippen molar-refractivity contribution in [1.29, 1.82) is 0 Å². The lowest BCUT2D eigenvalue weighted by atomic mass is 10.2. The van der Waals surface area contributed by atoms with Crippen molar-refractivity contribution in [1.82, 2.24) is 9.55 Å². The van der Waals surface area contributed by atoms with Gasteiger partial charge in [-0.25, -0.2) is 4.98 Å². The van der Waals surface area contributed by atoms with E-state index in [1.807, 2.05) is 84.9 Å². The van der Waals surface area contributed by atoms with Crippen molar-refractivity contribution in [2.45, 2.75) is 0 Å². The van der Waals surface area contributed by atoms with Crippen LogP contribution in [0.25, 0.3) is 28.7 Å². The van der Waals surface area contributed by atoms with E-state index < -0.39 is 0 Å². The average molecular weight is 482 g/mol. The molecule has 5 heteroatoms. The molecule has 4 rings (SSSR count). The van der Waals surface area contributed by atoms with Crippen molar-refractivity contribution >= 4 is 54.9 Å². The van der Waals surface area contributed by atoms with Crippen LogP contribution in [0, 0.1) is 0 Å². The van der Waals surface area contributed by atoms with Crippen LogP contribution >= 0.6 is 31.9 Å². The summed E-state index contributed by atoms with van der Waals surface area (Å²) in [6, 6.07) is 23.0. The van der Waals surface area contributed by atoms with Crippen molar-refractivity contribution in [3.63, 3.8) is 0 Å². The molecule has 1 aromatic heterocycles. The maximum absolute atomic E-state index is 13.2. The molecule has 0 unspecified atom stereocenters. The first-order valence-electron chi connectivity index (χ1n) is 8.33. The van der Waals surface area contributed by atoms with E-state index in [9.17, 15) is 4.79 Å². The second-order valence-corrected chi connectivity index (χ2v) is 7.82. The summed E-state index contributed by atoms with van der Waals surface area (Å²) < 4.78 is 3.62. The van der Waals surface area contributed by atoms with Gasteiger partial charge in [0.1, 0.15) is 5.82 Å². The van der Waals surface area contributed by atoms with Crippen LogP contribution in [0.1, 0.15) is 11.4 Å². The van der Waals surface area contributed by atoms with Crippen LogP contribution < -0.4 is 5.56 Å². The lowest BCUT2D eigenvalue weighted by Crippen LogP contribution is -2.22. The normalized spacial score (nSPS) is 11.3. The molecule has 0 aliphatic rings. The number of aromatic nitrogens is 2. The predicted molar refractivity (Wildman–Crippen MR) is 118 cm³/mol. The molecule has 0 saturated carbocycles. The third kappa shape index (κ3) is 3.80. The lowest BCUT2D eigenvalue weighted by Gasteiger charge is -2.11. The van der Waals surface area contributed by atoms with Crippen LogP contribution in [-0.4, -0.2) is 9.55 Å². The molecule has 0 amide bonds. The number of benzene rings is 3. The number of hydrogen-bond donors (Lipinski definition) is 0. The van der Waals surface area contributed by atoms with Gasteiger partial charge in [-0.05, 0) is 60.2 Å². The molecular formula is C22H14Br2N2O. The molecule has 3 aromatic carbocycles. The van der Waals surface area contributed by atoms with E-state index in [1.54, 1.807) is 4.57 Å². The monoisotopic (exact) mass is 480 g/mol. The van der Waals surface area contributed by atoms with Gasteiger partial charge < -0.3 is 0 Å². The van der Waals surface area contributed by atoms with E-state index in [0.717, 1.165) is 20.2 Å². The molecule has 1 heterocycles. The van der Waals surface area contributed by atoms with E-state index >= 15 is 0 Å². The van der Waals surface area contributed by atoms with Crippen molar-refractivity contribution in [3.05, 3.63) is 103 Å². The molecule has 0 aliphatic heterocycles. The summed E-state index contributed by atoms with van der Waals surface area (Å²) in [5, 5.41) is 0.598. The number of para-hydroxylation sites is 1. The molecule has 0 saturated heterocycles. The van der Waals surface area contributed by atoms with Gasteiger partial charge in [0.05, 0.1) is 16.6 Å². The highest BCUT2D eigenvalue weighted by Crippen LogP contribution is 2.18. The molecule has 0 atom stereocenters.